The SMILES string of the molecule is CC(C)CC[C@@H]1C(=O)C(C(=O)CC(C)C)C(O)C1(O)[C@@H](O)CCC(C)C. The van der Waals surface area contributed by atoms with Crippen LogP contribution in [0.25, 0.3) is 0 Å². The highest BCUT2D eigenvalue weighted by Gasteiger charge is 2.63. The van der Waals surface area contributed by atoms with E-state index in [1.54, 1.807) is 0 Å². The van der Waals surface area contributed by atoms with Crippen molar-refractivity contribution >= 4 is 11.6 Å². The van der Waals surface area contributed by atoms with E-state index in [9.17, 15) is 24.9 Å². The Bertz CT molecular complexity index is 485. The highest BCUT2D eigenvalue weighted by molar-refractivity contribution is 6.06. The zero-order valence-corrected chi connectivity index (χ0v) is 17.2. The lowest BCUT2D eigenvalue weighted by molar-refractivity contribution is -0.167. The molecule has 1 saturated carbocycles. The number of aliphatic hydroxyl groups is 3. The van der Waals surface area contributed by atoms with Gasteiger partial charge in [0.25, 0.3) is 0 Å². The van der Waals surface area contributed by atoms with Crippen LogP contribution >= 0.6 is 0 Å². The largest absolute Gasteiger partial charge is 0.390 e. The van der Waals surface area contributed by atoms with E-state index in [2.05, 4.69) is 0 Å². The third-order valence-electron chi connectivity index (χ3n) is 5.54. The first-order chi connectivity index (χ1) is 11.9. The van der Waals surface area contributed by atoms with Gasteiger partial charge in [-0.25, -0.2) is 0 Å². The molecule has 1 fully saturated rings. The highest BCUT2D eigenvalue weighted by Crippen LogP contribution is 2.44. The van der Waals surface area contributed by atoms with Gasteiger partial charge in [0, 0.05) is 6.42 Å². The van der Waals surface area contributed by atoms with E-state index in [4.69, 9.17) is 0 Å². The molecule has 0 heterocycles. The van der Waals surface area contributed by atoms with Gasteiger partial charge in [-0.2, -0.15) is 0 Å². The summed E-state index contributed by atoms with van der Waals surface area (Å²) in [5, 5.41) is 32.7. The van der Waals surface area contributed by atoms with Gasteiger partial charge in [0.15, 0.2) is 5.78 Å². The Morgan fingerprint density at radius 1 is 1.00 bits per heavy atom. The lowest BCUT2D eigenvalue weighted by atomic mass is 9.78. The van der Waals surface area contributed by atoms with Gasteiger partial charge >= 0.3 is 0 Å². The molecule has 0 spiro atoms. The van der Waals surface area contributed by atoms with Crippen LogP contribution in [0.1, 0.15) is 73.6 Å². The molecule has 0 saturated heterocycles. The first kappa shape index (κ1) is 23.3. The quantitative estimate of drug-likeness (QED) is 0.514. The van der Waals surface area contributed by atoms with Crippen molar-refractivity contribution in [3.8, 4) is 0 Å². The standard InChI is InChI=1S/C21H38O5/c1-12(2)7-9-15-19(24)18(16(22)11-14(5)6)20(25)21(15,26)17(23)10-8-13(3)4/h12-15,17-18,20,23,25-26H,7-11H2,1-6H3/t15-,17+,18?,20?,21?/m1/s1. The molecule has 0 aromatic heterocycles. The van der Waals surface area contributed by atoms with E-state index < -0.39 is 35.4 Å². The van der Waals surface area contributed by atoms with E-state index in [0.29, 0.717) is 37.5 Å². The van der Waals surface area contributed by atoms with Crippen LogP contribution in [0.3, 0.4) is 0 Å². The Morgan fingerprint density at radius 3 is 2.00 bits per heavy atom. The maximum absolute atomic E-state index is 13.0. The van der Waals surface area contributed by atoms with E-state index >= 15 is 0 Å². The lowest BCUT2D eigenvalue weighted by Gasteiger charge is -2.37. The molecule has 1 rings (SSSR count). The summed E-state index contributed by atoms with van der Waals surface area (Å²) in [6.45, 7) is 11.8. The molecule has 0 amide bonds. The topological polar surface area (TPSA) is 94.8 Å². The van der Waals surface area contributed by atoms with Crippen LogP contribution < -0.4 is 0 Å². The molecule has 0 aromatic rings. The van der Waals surface area contributed by atoms with Crippen molar-refractivity contribution in [1.82, 2.24) is 0 Å². The van der Waals surface area contributed by atoms with Crippen molar-refractivity contribution in [2.75, 3.05) is 0 Å². The van der Waals surface area contributed by atoms with Gasteiger partial charge in [-0.1, -0.05) is 48.0 Å². The molecule has 5 atom stereocenters. The molecule has 26 heavy (non-hydrogen) atoms. The number of Topliss-reactive ketones (excluding diaryl/α,β-unsaturated/α-hetero) is 2. The Morgan fingerprint density at radius 2 is 1.54 bits per heavy atom. The number of carbonyl (C=O) groups excluding carboxylic acids is 2. The molecule has 152 valence electrons. The summed E-state index contributed by atoms with van der Waals surface area (Å²) in [7, 11) is 0. The van der Waals surface area contributed by atoms with Crippen molar-refractivity contribution in [2.45, 2.75) is 91.5 Å². The van der Waals surface area contributed by atoms with Gasteiger partial charge < -0.3 is 15.3 Å². The van der Waals surface area contributed by atoms with Crippen LogP contribution in [-0.4, -0.2) is 44.7 Å². The van der Waals surface area contributed by atoms with E-state index in [0.717, 1.165) is 0 Å². The summed E-state index contributed by atoms with van der Waals surface area (Å²) in [6, 6.07) is 0. The monoisotopic (exact) mass is 370 g/mol. The molecule has 0 radical (unpaired) electrons. The minimum absolute atomic E-state index is 0.0659. The van der Waals surface area contributed by atoms with Gasteiger partial charge in [0.05, 0.1) is 12.0 Å². The van der Waals surface area contributed by atoms with E-state index in [-0.39, 0.29) is 18.1 Å². The molecule has 3 N–H and O–H groups in total. The minimum Gasteiger partial charge on any atom is -0.390 e. The second kappa shape index (κ2) is 9.43. The second-order valence-electron chi connectivity index (χ2n) is 9.29. The van der Waals surface area contributed by atoms with Crippen molar-refractivity contribution in [1.29, 1.82) is 0 Å². The first-order valence-corrected chi connectivity index (χ1v) is 10.1. The summed E-state index contributed by atoms with van der Waals surface area (Å²) in [4.78, 5) is 25.5. The average Bonchev–Trinajstić information content (AvgIpc) is 2.69. The molecule has 5 nitrogen and oxygen atoms in total. The molecule has 3 unspecified atom stereocenters. The molecular formula is C21H38O5. The summed E-state index contributed by atoms with van der Waals surface area (Å²) >= 11 is 0. The molecule has 5 heteroatoms. The molecule has 0 aromatic carbocycles. The fourth-order valence-corrected chi connectivity index (χ4v) is 3.96. The Kier molecular flexibility index (Phi) is 8.43. The number of ketones is 2. The van der Waals surface area contributed by atoms with Gasteiger partial charge in [0.2, 0.25) is 0 Å². The van der Waals surface area contributed by atoms with Crippen LogP contribution in [0, 0.1) is 29.6 Å². The van der Waals surface area contributed by atoms with Crippen molar-refractivity contribution in [3.63, 3.8) is 0 Å². The summed E-state index contributed by atoms with van der Waals surface area (Å²) in [6.07, 6.45) is -0.559. The second-order valence-corrected chi connectivity index (χ2v) is 9.29. The fourth-order valence-electron chi connectivity index (χ4n) is 3.96. The number of hydrogen-bond acceptors (Lipinski definition) is 5. The molecule has 1 aliphatic rings. The maximum Gasteiger partial charge on any atom is 0.152 e. The predicted molar refractivity (Wildman–Crippen MR) is 102 cm³/mol. The highest BCUT2D eigenvalue weighted by atomic mass is 16.4. The van der Waals surface area contributed by atoms with Gasteiger partial charge in [0.1, 0.15) is 23.4 Å². The van der Waals surface area contributed by atoms with Crippen LogP contribution in [0.2, 0.25) is 0 Å². The predicted octanol–water partition coefficient (Wildman–Crippen LogP) is 2.74. The van der Waals surface area contributed by atoms with Crippen LogP contribution in [-0.2, 0) is 9.59 Å². The van der Waals surface area contributed by atoms with Crippen LogP contribution in [0.5, 0.6) is 0 Å². The van der Waals surface area contributed by atoms with E-state index in [1.165, 1.54) is 0 Å². The van der Waals surface area contributed by atoms with Gasteiger partial charge in [-0.15, -0.1) is 0 Å². The minimum atomic E-state index is -1.95. The zero-order valence-electron chi connectivity index (χ0n) is 17.2. The third kappa shape index (κ3) is 5.14. The fraction of sp³-hybridized carbons (Fsp3) is 0.905. The summed E-state index contributed by atoms with van der Waals surface area (Å²) in [5.74, 6) is -2.15. The number of hydrogen-bond donors (Lipinski definition) is 3. The maximum atomic E-state index is 13.0. The van der Waals surface area contributed by atoms with Crippen LogP contribution in [0.4, 0.5) is 0 Å². The normalized spacial score (nSPS) is 30.6. The van der Waals surface area contributed by atoms with Crippen molar-refractivity contribution in [3.05, 3.63) is 0 Å². The summed E-state index contributed by atoms with van der Waals surface area (Å²) in [5.41, 5.74) is -1.95. The smallest absolute Gasteiger partial charge is 0.152 e. The Hall–Kier alpha value is -0.780. The van der Waals surface area contributed by atoms with E-state index in [1.807, 2.05) is 41.5 Å². The molecular weight excluding hydrogens is 332 g/mol. The summed E-state index contributed by atoms with van der Waals surface area (Å²) < 4.78 is 0. The van der Waals surface area contributed by atoms with Gasteiger partial charge in [-0.05, 0) is 37.0 Å². The first-order valence-electron chi connectivity index (χ1n) is 10.1. The average molecular weight is 371 g/mol. The van der Waals surface area contributed by atoms with Crippen molar-refractivity contribution in [2.24, 2.45) is 29.6 Å². The number of rotatable bonds is 10. The Labute approximate surface area is 158 Å². The number of carbonyl (C=O) groups is 2. The van der Waals surface area contributed by atoms with Gasteiger partial charge in [-0.3, -0.25) is 9.59 Å². The third-order valence-corrected chi connectivity index (χ3v) is 5.54. The zero-order chi connectivity index (χ0) is 20.2. The molecule has 0 bridgehead atoms. The molecule has 1 aliphatic carbocycles. The molecule has 0 aliphatic heterocycles. The van der Waals surface area contributed by atoms with Crippen molar-refractivity contribution < 1.29 is 24.9 Å². The Balaban J connectivity index is 3.15. The lowest BCUT2D eigenvalue weighted by Crippen LogP contribution is -2.55. The number of aliphatic hydroxyl groups excluding tert-OH is 2. The van der Waals surface area contributed by atoms with Crippen LogP contribution in [0.15, 0.2) is 0 Å².